The van der Waals surface area contributed by atoms with E-state index in [2.05, 4.69) is 22.5 Å². The minimum absolute atomic E-state index is 0.153. The van der Waals surface area contributed by atoms with Crippen LogP contribution in [-0.4, -0.2) is 43.5 Å². The Balaban J connectivity index is 1.78. The van der Waals surface area contributed by atoms with Crippen molar-refractivity contribution in [2.75, 3.05) is 32.0 Å². The molecule has 0 aliphatic carbocycles. The van der Waals surface area contributed by atoms with Gasteiger partial charge in [-0.05, 0) is 58.0 Å². The summed E-state index contributed by atoms with van der Waals surface area (Å²) in [5, 5.41) is 5.92. The largest absolute Gasteiger partial charge is 0.322 e. The molecule has 2 rings (SSSR count). The minimum Gasteiger partial charge on any atom is -0.322 e. The van der Waals surface area contributed by atoms with E-state index in [1.165, 1.54) is 6.07 Å². The van der Waals surface area contributed by atoms with Gasteiger partial charge in [0.2, 0.25) is 5.91 Å². The van der Waals surface area contributed by atoms with Gasteiger partial charge in [0.25, 0.3) is 0 Å². The van der Waals surface area contributed by atoms with Gasteiger partial charge in [-0.1, -0.05) is 12.1 Å². The fraction of sp³-hybridized carbons (Fsp3) is 0.562. The molecule has 0 aromatic heterocycles. The van der Waals surface area contributed by atoms with Crippen molar-refractivity contribution in [3.05, 3.63) is 30.1 Å². The van der Waals surface area contributed by atoms with Gasteiger partial charge in [-0.2, -0.15) is 0 Å². The zero-order valence-electron chi connectivity index (χ0n) is 12.7. The van der Waals surface area contributed by atoms with Crippen LogP contribution >= 0.6 is 0 Å². The lowest BCUT2D eigenvalue weighted by atomic mass is 9.90. The second kappa shape index (κ2) is 7.52. The molecule has 1 atom stereocenters. The number of benzene rings is 1. The molecule has 0 saturated carbocycles. The van der Waals surface area contributed by atoms with Crippen molar-refractivity contribution >= 4 is 11.6 Å². The highest BCUT2D eigenvalue weighted by atomic mass is 19.1. The fourth-order valence-corrected chi connectivity index (χ4v) is 2.80. The van der Waals surface area contributed by atoms with Gasteiger partial charge in [0.15, 0.2) is 0 Å². The molecule has 0 spiro atoms. The first-order valence-electron chi connectivity index (χ1n) is 7.54. The molecule has 1 aromatic rings. The summed E-state index contributed by atoms with van der Waals surface area (Å²) in [6.45, 7) is 4.36. The third kappa shape index (κ3) is 4.51. The van der Waals surface area contributed by atoms with E-state index in [0.29, 0.717) is 18.5 Å². The number of carbonyl (C=O) groups is 1. The Morgan fingerprint density at radius 2 is 2.05 bits per heavy atom. The number of carbonyl (C=O) groups excluding carboxylic acids is 1. The predicted molar refractivity (Wildman–Crippen MR) is 82.7 cm³/mol. The number of rotatable bonds is 5. The van der Waals surface area contributed by atoms with E-state index in [0.717, 1.165) is 25.9 Å². The first kappa shape index (κ1) is 15.9. The van der Waals surface area contributed by atoms with Crippen LogP contribution in [0.4, 0.5) is 10.1 Å². The van der Waals surface area contributed by atoms with E-state index in [-0.39, 0.29) is 11.6 Å². The van der Waals surface area contributed by atoms with E-state index in [4.69, 9.17) is 0 Å². The Morgan fingerprint density at radius 1 is 1.38 bits per heavy atom. The smallest absolute Gasteiger partial charge is 0.238 e. The van der Waals surface area contributed by atoms with E-state index < -0.39 is 5.82 Å². The minimum atomic E-state index is -0.396. The summed E-state index contributed by atoms with van der Waals surface area (Å²) >= 11 is 0. The molecule has 5 heteroatoms. The first-order chi connectivity index (χ1) is 10.1. The number of para-hydroxylation sites is 1. The number of amides is 1. The second-order valence-corrected chi connectivity index (χ2v) is 5.72. The number of halogens is 1. The van der Waals surface area contributed by atoms with Gasteiger partial charge in [0.05, 0.1) is 12.2 Å². The maximum absolute atomic E-state index is 13.5. The molecule has 1 unspecified atom stereocenters. The molecular weight excluding hydrogens is 269 g/mol. The number of likely N-dealkylation sites (tertiary alicyclic amines) is 1. The number of hydrogen-bond acceptors (Lipinski definition) is 3. The van der Waals surface area contributed by atoms with Crippen LogP contribution in [0.25, 0.3) is 0 Å². The Hall–Kier alpha value is -1.46. The molecule has 1 saturated heterocycles. The third-order valence-corrected chi connectivity index (χ3v) is 4.31. The van der Waals surface area contributed by atoms with Crippen LogP contribution in [0.3, 0.4) is 0 Å². The Kier molecular flexibility index (Phi) is 5.70. The van der Waals surface area contributed by atoms with Crippen molar-refractivity contribution in [1.29, 1.82) is 0 Å². The van der Waals surface area contributed by atoms with Gasteiger partial charge >= 0.3 is 0 Å². The number of hydrogen-bond donors (Lipinski definition) is 2. The topological polar surface area (TPSA) is 44.4 Å². The lowest BCUT2D eigenvalue weighted by molar-refractivity contribution is -0.117. The van der Waals surface area contributed by atoms with Gasteiger partial charge < -0.3 is 10.6 Å². The van der Waals surface area contributed by atoms with Crippen molar-refractivity contribution in [2.24, 2.45) is 5.92 Å². The Bertz CT molecular complexity index is 472. The molecule has 21 heavy (non-hydrogen) atoms. The van der Waals surface area contributed by atoms with Crippen molar-refractivity contribution in [2.45, 2.75) is 25.8 Å². The molecule has 1 aromatic carbocycles. The predicted octanol–water partition coefficient (Wildman–Crippen LogP) is 2.08. The number of nitrogens with one attached hydrogen (secondary N) is 2. The zero-order valence-corrected chi connectivity index (χ0v) is 12.7. The summed E-state index contributed by atoms with van der Waals surface area (Å²) in [6.07, 6.45) is 2.18. The monoisotopic (exact) mass is 293 g/mol. The van der Waals surface area contributed by atoms with E-state index >= 15 is 0 Å². The average molecular weight is 293 g/mol. The summed E-state index contributed by atoms with van der Waals surface area (Å²) in [4.78, 5) is 14.1. The molecule has 2 N–H and O–H groups in total. The van der Waals surface area contributed by atoms with Crippen LogP contribution in [0, 0.1) is 11.7 Å². The summed E-state index contributed by atoms with van der Waals surface area (Å²) in [5.41, 5.74) is 0.251. The fourth-order valence-electron chi connectivity index (χ4n) is 2.80. The maximum Gasteiger partial charge on any atom is 0.238 e. The Morgan fingerprint density at radius 3 is 2.67 bits per heavy atom. The highest BCUT2D eigenvalue weighted by Crippen LogP contribution is 2.20. The van der Waals surface area contributed by atoms with Gasteiger partial charge in [0, 0.05) is 6.04 Å². The van der Waals surface area contributed by atoms with Crippen LogP contribution in [0.2, 0.25) is 0 Å². The number of anilines is 1. The van der Waals surface area contributed by atoms with Crippen LogP contribution in [0.1, 0.15) is 19.8 Å². The standard InChI is InChI=1S/C16H24FN3O/c1-12(18-2)13-7-9-20(10-8-13)11-16(21)19-15-6-4-3-5-14(15)17/h3-6,12-13,18H,7-11H2,1-2H3,(H,19,21). The van der Waals surface area contributed by atoms with Gasteiger partial charge in [-0.25, -0.2) is 4.39 Å². The molecule has 0 bridgehead atoms. The van der Waals surface area contributed by atoms with Crippen molar-refractivity contribution in [3.8, 4) is 0 Å². The SMILES string of the molecule is CNC(C)C1CCN(CC(=O)Nc2ccccc2F)CC1. The molecular formula is C16H24FN3O. The van der Waals surface area contributed by atoms with Gasteiger partial charge in [-0.3, -0.25) is 9.69 Å². The summed E-state index contributed by atoms with van der Waals surface area (Å²) in [5.74, 6) is 0.119. The van der Waals surface area contributed by atoms with Gasteiger partial charge in [0.1, 0.15) is 5.82 Å². The van der Waals surface area contributed by atoms with E-state index in [9.17, 15) is 9.18 Å². The van der Waals surface area contributed by atoms with Crippen molar-refractivity contribution in [3.63, 3.8) is 0 Å². The van der Waals surface area contributed by atoms with Crippen molar-refractivity contribution in [1.82, 2.24) is 10.2 Å². The van der Waals surface area contributed by atoms with E-state index in [1.807, 2.05) is 7.05 Å². The molecule has 116 valence electrons. The molecule has 1 amide bonds. The van der Waals surface area contributed by atoms with E-state index in [1.54, 1.807) is 18.2 Å². The highest BCUT2D eigenvalue weighted by Gasteiger charge is 2.24. The quantitative estimate of drug-likeness (QED) is 0.873. The third-order valence-electron chi connectivity index (χ3n) is 4.31. The molecule has 1 aliphatic rings. The summed E-state index contributed by atoms with van der Waals surface area (Å²) < 4.78 is 13.5. The van der Waals surface area contributed by atoms with Gasteiger partial charge in [-0.15, -0.1) is 0 Å². The lowest BCUT2D eigenvalue weighted by Crippen LogP contribution is -2.43. The number of piperidine rings is 1. The van der Waals surface area contributed by atoms with Crippen molar-refractivity contribution < 1.29 is 9.18 Å². The summed E-state index contributed by atoms with van der Waals surface area (Å²) in [6, 6.07) is 6.76. The van der Waals surface area contributed by atoms with Crippen LogP contribution < -0.4 is 10.6 Å². The molecule has 4 nitrogen and oxygen atoms in total. The first-order valence-corrected chi connectivity index (χ1v) is 7.54. The van der Waals surface area contributed by atoms with Crippen LogP contribution in [-0.2, 0) is 4.79 Å². The molecule has 1 heterocycles. The lowest BCUT2D eigenvalue weighted by Gasteiger charge is -2.34. The average Bonchev–Trinajstić information content (AvgIpc) is 2.49. The van der Waals surface area contributed by atoms with Crippen LogP contribution in [0.15, 0.2) is 24.3 Å². The highest BCUT2D eigenvalue weighted by molar-refractivity contribution is 5.92. The summed E-state index contributed by atoms with van der Waals surface area (Å²) in [7, 11) is 1.99. The zero-order chi connectivity index (χ0) is 15.2. The molecule has 1 aliphatic heterocycles. The molecule has 1 fully saturated rings. The maximum atomic E-state index is 13.5. The Labute approximate surface area is 125 Å². The number of nitrogens with zero attached hydrogens (tertiary/aromatic N) is 1. The second-order valence-electron chi connectivity index (χ2n) is 5.72. The molecule has 0 radical (unpaired) electrons. The van der Waals surface area contributed by atoms with Crippen LogP contribution in [0.5, 0.6) is 0 Å². The normalized spacial score (nSPS) is 18.4.